The number of likely N-dealkylation sites (N-methyl/N-ethyl adjacent to an activating group) is 1. The van der Waals surface area contributed by atoms with Crippen molar-refractivity contribution >= 4 is 40.7 Å². The van der Waals surface area contributed by atoms with Gasteiger partial charge in [-0.2, -0.15) is 0 Å². The van der Waals surface area contributed by atoms with E-state index in [4.69, 9.17) is 34.8 Å². The maximum Gasteiger partial charge on any atom is 0.242 e. The first-order valence-electron chi connectivity index (χ1n) is 3.87. The Labute approximate surface area is 97.1 Å². The van der Waals surface area contributed by atoms with Crippen LogP contribution in [-0.4, -0.2) is 13.0 Å². The summed E-state index contributed by atoms with van der Waals surface area (Å²) in [5.41, 5.74) is 0.442. The molecule has 1 aromatic carbocycles. The van der Waals surface area contributed by atoms with Crippen LogP contribution in [0.2, 0.25) is 10.0 Å². The molecule has 0 saturated carbocycles. The third-order valence-corrected chi connectivity index (χ3v) is 2.81. The maximum atomic E-state index is 11.3. The fraction of sp³-hybridized carbons (Fsp3) is 0.222. The Morgan fingerprint density at radius 3 is 2.29 bits per heavy atom. The van der Waals surface area contributed by atoms with Gasteiger partial charge >= 0.3 is 0 Å². The predicted molar refractivity (Wildman–Crippen MR) is 59.1 cm³/mol. The molecule has 0 heterocycles. The van der Waals surface area contributed by atoms with Gasteiger partial charge in [0, 0.05) is 22.7 Å². The van der Waals surface area contributed by atoms with Crippen LogP contribution in [0.1, 0.15) is 10.9 Å². The van der Waals surface area contributed by atoms with Crippen molar-refractivity contribution in [1.82, 2.24) is 5.32 Å². The smallest absolute Gasteiger partial charge is 0.242 e. The molecular formula is C9H8Cl3NO. The summed E-state index contributed by atoms with van der Waals surface area (Å²) in [5.74, 6) is -0.332. The molecule has 1 aromatic rings. The monoisotopic (exact) mass is 251 g/mol. The highest BCUT2D eigenvalue weighted by Crippen LogP contribution is 2.33. The first kappa shape index (κ1) is 11.6. The fourth-order valence-corrected chi connectivity index (χ4v) is 2.08. The number of hydrogen-bond donors (Lipinski definition) is 1. The zero-order chi connectivity index (χ0) is 10.7. The van der Waals surface area contributed by atoms with Gasteiger partial charge in [-0.3, -0.25) is 4.79 Å². The van der Waals surface area contributed by atoms with Gasteiger partial charge in [0.25, 0.3) is 0 Å². The van der Waals surface area contributed by atoms with E-state index in [9.17, 15) is 4.79 Å². The number of carbonyl (C=O) groups is 1. The van der Waals surface area contributed by atoms with Crippen molar-refractivity contribution in [2.75, 3.05) is 7.05 Å². The Hall–Kier alpha value is -0.440. The Balaban J connectivity index is 3.11. The van der Waals surface area contributed by atoms with Crippen molar-refractivity contribution in [1.29, 1.82) is 0 Å². The normalized spacial score (nSPS) is 12.3. The molecule has 0 aliphatic heterocycles. The number of alkyl halides is 1. The van der Waals surface area contributed by atoms with Crippen LogP contribution in [0, 0.1) is 0 Å². The molecule has 0 aliphatic rings. The van der Waals surface area contributed by atoms with Crippen LogP contribution in [0.3, 0.4) is 0 Å². The standard InChI is InChI=1S/C9H8Cl3NO/c1-13-9(14)8(12)7-5(10)3-2-4-6(7)11/h2-4,8H,1H3,(H,13,14). The van der Waals surface area contributed by atoms with Crippen molar-refractivity contribution in [3.05, 3.63) is 33.8 Å². The summed E-state index contributed by atoms with van der Waals surface area (Å²) < 4.78 is 0. The summed E-state index contributed by atoms with van der Waals surface area (Å²) in [7, 11) is 1.50. The van der Waals surface area contributed by atoms with Crippen molar-refractivity contribution in [2.24, 2.45) is 0 Å². The molecule has 1 atom stereocenters. The summed E-state index contributed by atoms with van der Waals surface area (Å²) in [5, 5.41) is 2.35. The molecule has 0 radical (unpaired) electrons. The van der Waals surface area contributed by atoms with E-state index in [1.54, 1.807) is 18.2 Å². The van der Waals surface area contributed by atoms with Crippen molar-refractivity contribution < 1.29 is 4.79 Å². The average Bonchev–Trinajstić information content (AvgIpc) is 2.16. The van der Waals surface area contributed by atoms with E-state index in [2.05, 4.69) is 5.32 Å². The van der Waals surface area contributed by atoms with Gasteiger partial charge < -0.3 is 5.32 Å². The lowest BCUT2D eigenvalue weighted by molar-refractivity contribution is -0.120. The van der Waals surface area contributed by atoms with Crippen molar-refractivity contribution in [2.45, 2.75) is 5.38 Å². The van der Waals surface area contributed by atoms with Crippen molar-refractivity contribution in [3.8, 4) is 0 Å². The van der Waals surface area contributed by atoms with E-state index in [-0.39, 0.29) is 5.91 Å². The zero-order valence-electron chi connectivity index (χ0n) is 7.35. The van der Waals surface area contributed by atoms with Crippen molar-refractivity contribution in [3.63, 3.8) is 0 Å². The molecule has 0 saturated heterocycles. The van der Waals surface area contributed by atoms with Gasteiger partial charge in [0.1, 0.15) is 5.38 Å². The molecule has 76 valence electrons. The van der Waals surface area contributed by atoms with E-state index in [0.717, 1.165) is 0 Å². The van der Waals surface area contributed by atoms with E-state index in [1.165, 1.54) is 7.05 Å². The first-order valence-corrected chi connectivity index (χ1v) is 5.06. The molecular weight excluding hydrogens is 244 g/mol. The molecule has 1 amide bonds. The number of nitrogens with one attached hydrogen (secondary N) is 1. The minimum absolute atomic E-state index is 0.332. The number of halogens is 3. The van der Waals surface area contributed by atoms with Gasteiger partial charge in [-0.15, -0.1) is 11.6 Å². The zero-order valence-corrected chi connectivity index (χ0v) is 9.62. The number of amides is 1. The van der Waals surface area contributed by atoms with Crippen LogP contribution in [-0.2, 0) is 4.79 Å². The molecule has 1 unspecified atom stereocenters. The van der Waals surface area contributed by atoms with Crippen LogP contribution in [0.4, 0.5) is 0 Å². The highest BCUT2D eigenvalue weighted by molar-refractivity contribution is 6.40. The largest absolute Gasteiger partial charge is 0.358 e. The topological polar surface area (TPSA) is 29.1 Å². The second-order valence-electron chi connectivity index (χ2n) is 2.61. The minimum Gasteiger partial charge on any atom is -0.358 e. The van der Waals surface area contributed by atoms with Gasteiger partial charge in [0.15, 0.2) is 0 Å². The molecule has 5 heteroatoms. The first-order chi connectivity index (χ1) is 6.57. The lowest BCUT2D eigenvalue weighted by Gasteiger charge is -2.11. The molecule has 1 rings (SSSR count). The van der Waals surface area contributed by atoms with Gasteiger partial charge in [-0.1, -0.05) is 29.3 Å². The van der Waals surface area contributed by atoms with Crippen LogP contribution in [0.25, 0.3) is 0 Å². The van der Waals surface area contributed by atoms with Crippen LogP contribution >= 0.6 is 34.8 Å². The number of rotatable bonds is 2. The van der Waals surface area contributed by atoms with E-state index >= 15 is 0 Å². The lowest BCUT2D eigenvalue weighted by atomic mass is 10.1. The van der Waals surface area contributed by atoms with Gasteiger partial charge in [0.05, 0.1) is 0 Å². The lowest BCUT2D eigenvalue weighted by Crippen LogP contribution is -2.22. The Morgan fingerprint density at radius 2 is 1.86 bits per heavy atom. The highest BCUT2D eigenvalue weighted by atomic mass is 35.5. The number of carbonyl (C=O) groups excluding carboxylic acids is 1. The van der Waals surface area contributed by atoms with Crippen LogP contribution in [0.5, 0.6) is 0 Å². The summed E-state index contributed by atoms with van der Waals surface area (Å²) >= 11 is 17.6. The second kappa shape index (κ2) is 4.87. The Kier molecular flexibility index (Phi) is 4.05. The third kappa shape index (κ3) is 2.32. The van der Waals surface area contributed by atoms with E-state index in [1.807, 2.05) is 0 Å². The second-order valence-corrected chi connectivity index (χ2v) is 3.86. The SMILES string of the molecule is CNC(=O)C(Cl)c1c(Cl)cccc1Cl. The van der Waals surface area contributed by atoms with Gasteiger partial charge in [-0.25, -0.2) is 0 Å². The molecule has 0 aromatic heterocycles. The minimum atomic E-state index is -0.860. The molecule has 0 bridgehead atoms. The van der Waals surface area contributed by atoms with Gasteiger partial charge in [0.2, 0.25) is 5.91 Å². The summed E-state index contributed by atoms with van der Waals surface area (Å²) in [6.45, 7) is 0. The van der Waals surface area contributed by atoms with E-state index < -0.39 is 5.38 Å². The number of hydrogen-bond acceptors (Lipinski definition) is 1. The fourth-order valence-electron chi connectivity index (χ4n) is 1.01. The quantitative estimate of drug-likeness (QED) is 0.806. The molecule has 1 N–H and O–H groups in total. The highest BCUT2D eigenvalue weighted by Gasteiger charge is 2.21. The number of benzene rings is 1. The molecule has 0 aliphatic carbocycles. The Morgan fingerprint density at radius 1 is 1.36 bits per heavy atom. The predicted octanol–water partition coefficient (Wildman–Crippen LogP) is 3.02. The third-order valence-electron chi connectivity index (χ3n) is 1.73. The summed E-state index contributed by atoms with van der Waals surface area (Å²) in [6.07, 6.45) is 0. The average molecular weight is 253 g/mol. The molecule has 0 spiro atoms. The maximum absolute atomic E-state index is 11.3. The van der Waals surface area contributed by atoms with Crippen LogP contribution in [0.15, 0.2) is 18.2 Å². The van der Waals surface area contributed by atoms with Crippen LogP contribution < -0.4 is 5.32 Å². The Bertz CT molecular complexity index is 334. The van der Waals surface area contributed by atoms with Gasteiger partial charge in [-0.05, 0) is 12.1 Å². The molecule has 2 nitrogen and oxygen atoms in total. The summed E-state index contributed by atoms with van der Waals surface area (Å²) in [4.78, 5) is 11.3. The molecule has 14 heavy (non-hydrogen) atoms. The molecule has 0 fully saturated rings. The van der Waals surface area contributed by atoms with E-state index in [0.29, 0.717) is 15.6 Å². The summed E-state index contributed by atoms with van der Waals surface area (Å²) in [6, 6.07) is 4.98.